The summed E-state index contributed by atoms with van der Waals surface area (Å²) < 4.78 is 12.5. The Labute approximate surface area is 205 Å². The van der Waals surface area contributed by atoms with Gasteiger partial charge in [0.15, 0.2) is 11.5 Å². The number of nitrogens with one attached hydrogen (secondary N) is 1. The second-order valence-electron chi connectivity index (χ2n) is 8.41. The summed E-state index contributed by atoms with van der Waals surface area (Å²) in [6, 6.07) is 10.5. The first-order valence-electron chi connectivity index (χ1n) is 11.0. The zero-order chi connectivity index (χ0) is 25.7. The van der Waals surface area contributed by atoms with Gasteiger partial charge in [-0.1, -0.05) is 6.07 Å². The first kappa shape index (κ1) is 22.9. The molecule has 3 heterocycles. The Morgan fingerprint density at radius 3 is 2.53 bits per heavy atom. The number of hydrogen-bond donors (Lipinski definition) is 2. The van der Waals surface area contributed by atoms with Crippen LogP contribution in [0.1, 0.15) is 32.9 Å². The zero-order valence-corrected chi connectivity index (χ0v) is 19.6. The number of benzene rings is 2. The van der Waals surface area contributed by atoms with Crippen molar-refractivity contribution in [2.45, 2.75) is 20.8 Å². The Hall–Kier alpha value is -4.86. The summed E-state index contributed by atoms with van der Waals surface area (Å²) in [6.07, 6.45) is 1.43. The lowest BCUT2D eigenvalue weighted by Gasteiger charge is -2.26. The van der Waals surface area contributed by atoms with E-state index in [0.717, 1.165) is 10.6 Å². The Morgan fingerprint density at radius 1 is 1.03 bits per heavy atom. The Morgan fingerprint density at radius 2 is 1.78 bits per heavy atom. The molecule has 2 aromatic carbocycles. The lowest BCUT2D eigenvalue weighted by Crippen LogP contribution is -2.54. The number of carboxylic acid groups (broad SMARTS) is 1. The van der Waals surface area contributed by atoms with Gasteiger partial charge in [0.1, 0.15) is 5.57 Å². The van der Waals surface area contributed by atoms with E-state index in [4.69, 9.17) is 9.47 Å². The first-order chi connectivity index (χ1) is 17.2. The van der Waals surface area contributed by atoms with E-state index in [1.807, 2.05) is 11.5 Å². The maximum atomic E-state index is 13.3. The second kappa shape index (κ2) is 8.42. The van der Waals surface area contributed by atoms with Crippen molar-refractivity contribution in [2.24, 2.45) is 0 Å². The number of aryl methyl sites for hydroxylation is 1. The maximum absolute atomic E-state index is 13.3. The predicted octanol–water partition coefficient (Wildman–Crippen LogP) is 3.50. The number of carboxylic acids is 1. The maximum Gasteiger partial charge on any atom is 0.336 e. The van der Waals surface area contributed by atoms with Crippen LogP contribution in [0.4, 0.5) is 10.5 Å². The van der Waals surface area contributed by atoms with Crippen LogP contribution in [0.15, 0.2) is 48.0 Å². The summed E-state index contributed by atoms with van der Waals surface area (Å²) >= 11 is 0. The Kier molecular flexibility index (Phi) is 5.36. The highest BCUT2D eigenvalue weighted by Gasteiger charge is 2.37. The average Bonchev–Trinajstić information content (AvgIpc) is 3.40. The monoisotopic (exact) mass is 487 g/mol. The molecule has 0 saturated carbocycles. The van der Waals surface area contributed by atoms with Gasteiger partial charge in [-0.15, -0.1) is 0 Å². The smallest absolute Gasteiger partial charge is 0.336 e. The Bertz CT molecular complexity index is 1520. The summed E-state index contributed by atoms with van der Waals surface area (Å²) in [6.45, 7) is 5.40. The third kappa shape index (κ3) is 3.59. The number of amides is 4. The van der Waals surface area contributed by atoms with Gasteiger partial charge in [-0.2, -0.15) is 0 Å². The molecule has 0 bridgehead atoms. The quantitative estimate of drug-likeness (QED) is 0.426. The van der Waals surface area contributed by atoms with Crippen molar-refractivity contribution in [3.8, 4) is 17.2 Å². The summed E-state index contributed by atoms with van der Waals surface area (Å²) in [7, 11) is 0. The van der Waals surface area contributed by atoms with Gasteiger partial charge in [0.05, 0.1) is 11.3 Å². The molecule has 0 aliphatic carbocycles. The molecule has 0 radical (unpaired) electrons. The van der Waals surface area contributed by atoms with Crippen molar-refractivity contribution in [1.82, 2.24) is 9.88 Å². The van der Waals surface area contributed by atoms with Crippen LogP contribution >= 0.6 is 0 Å². The Balaban J connectivity index is 1.56. The normalized spacial score (nSPS) is 16.0. The highest BCUT2D eigenvalue weighted by molar-refractivity contribution is 6.39. The van der Waals surface area contributed by atoms with Crippen molar-refractivity contribution >= 4 is 35.6 Å². The van der Waals surface area contributed by atoms with Crippen LogP contribution in [0, 0.1) is 20.8 Å². The minimum atomic E-state index is -1.03. The molecule has 4 amide bonds. The van der Waals surface area contributed by atoms with Crippen molar-refractivity contribution in [1.29, 1.82) is 0 Å². The highest BCUT2D eigenvalue weighted by atomic mass is 16.7. The molecular formula is C26H21N3O7. The molecule has 182 valence electrons. The van der Waals surface area contributed by atoms with Crippen LogP contribution in [0.25, 0.3) is 11.8 Å². The number of rotatable bonds is 4. The SMILES string of the molecule is Cc1c(C(=O)O)cccc1-n1c(C)cc(C=C2C(=O)NC(=O)N(c3ccc4c(c3)OCO4)C2=O)c1C. The van der Waals surface area contributed by atoms with Crippen LogP contribution in [0.3, 0.4) is 0 Å². The fourth-order valence-corrected chi connectivity index (χ4v) is 4.47. The van der Waals surface area contributed by atoms with Gasteiger partial charge in [-0.05, 0) is 68.3 Å². The fourth-order valence-electron chi connectivity index (χ4n) is 4.47. The van der Waals surface area contributed by atoms with Crippen LogP contribution in [0.5, 0.6) is 11.5 Å². The number of carbonyl (C=O) groups excluding carboxylic acids is 3. The van der Waals surface area contributed by atoms with Crippen molar-refractivity contribution < 1.29 is 33.8 Å². The van der Waals surface area contributed by atoms with E-state index in [0.29, 0.717) is 34.0 Å². The fraction of sp³-hybridized carbons (Fsp3) is 0.154. The van der Waals surface area contributed by atoms with E-state index in [9.17, 15) is 24.3 Å². The van der Waals surface area contributed by atoms with Crippen LogP contribution in [0.2, 0.25) is 0 Å². The first-order valence-corrected chi connectivity index (χ1v) is 11.0. The molecule has 2 aliphatic rings. The number of fused-ring (bicyclic) bond motifs is 1. The third-order valence-corrected chi connectivity index (χ3v) is 6.26. The average molecular weight is 487 g/mol. The van der Waals surface area contributed by atoms with E-state index in [-0.39, 0.29) is 23.6 Å². The summed E-state index contributed by atoms with van der Waals surface area (Å²) in [5, 5.41) is 11.7. The number of ether oxygens (including phenoxy) is 2. The predicted molar refractivity (Wildman–Crippen MR) is 129 cm³/mol. The molecule has 10 heteroatoms. The van der Waals surface area contributed by atoms with E-state index in [2.05, 4.69) is 5.32 Å². The van der Waals surface area contributed by atoms with Crippen molar-refractivity contribution in [3.63, 3.8) is 0 Å². The lowest BCUT2D eigenvalue weighted by atomic mass is 10.1. The van der Waals surface area contributed by atoms with Crippen LogP contribution in [-0.2, 0) is 9.59 Å². The largest absolute Gasteiger partial charge is 0.478 e. The molecule has 0 unspecified atom stereocenters. The number of nitrogens with zero attached hydrogens (tertiary/aromatic N) is 2. The van der Waals surface area contributed by atoms with Gasteiger partial charge in [0.2, 0.25) is 6.79 Å². The molecule has 2 N–H and O–H groups in total. The number of aromatic nitrogens is 1. The van der Waals surface area contributed by atoms with Gasteiger partial charge in [-0.25, -0.2) is 14.5 Å². The van der Waals surface area contributed by atoms with Crippen LogP contribution in [-0.4, -0.2) is 40.3 Å². The highest BCUT2D eigenvalue weighted by Crippen LogP contribution is 2.36. The number of carbonyl (C=O) groups is 4. The molecule has 0 atom stereocenters. The van der Waals surface area contributed by atoms with Crippen molar-refractivity contribution in [2.75, 3.05) is 11.7 Å². The van der Waals surface area contributed by atoms with E-state index in [1.54, 1.807) is 38.1 Å². The number of aromatic carboxylic acids is 1. The van der Waals surface area contributed by atoms with E-state index >= 15 is 0 Å². The van der Waals surface area contributed by atoms with E-state index in [1.165, 1.54) is 24.3 Å². The number of barbiturate groups is 1. The zero-order valence-electron chi connectivity index (χ0n) is 19.6. The molecule has 1 aromatic heterocycles. The molecule has 0 spiro atoms. The van der Waals surface area contributed by atoms with Gasteiger partial charge in [-0.3, -0.25) is 14.9 Å². The molecule has 2 aliphatic heterocycles. The molecule has 10 nitrogen and oxygen atoms in total. The summed E-state index contributed by atoms with van der Waals surface area (Å²) in [5.41, 5.74) is 3.49. The van der Waals surface area contributed by atoms with Crippen molar-refractivity contribution in [3.05, 3.63) is 76.1 Å². The van der Waals surface area contributed by atoms with E-state index < -0.39 is 23.8 Å². The number of anilines is 1. The van der Waals surface area contributed by atoms with Gasteiger partial charge >= 0.3 is 12.0 Å². The lowest BCUT2D eigenvalue weighted by molar-refractivity contribution is -0.122. The number of imide groups is 2. The minimum Gasteiger partial charge on any atom is -0.478 e. The molecular weight excluding hydrogens is 466 g/mol. The topological polar surface area (TPSA) is 127 Å². The number of hydrogen-bond acceptors (Lipinski definition) is 6. The summed E-state index contributed by atoms with van der Waals surface area (Å²) in [4.78, 5) is 51.0. The van der Waals surface area contributed by atoms with Gasteiger partial charge in [0.25, 0.3) is 11.8 Å². The number of urea groups is 1. The minimum absolute atomic E-state index is 0.0348. The van der Waals surface area contributed by atoms with Gasteiger partial charge < -0.3 is 19.1 Å². The van der Waals surface area contributed by atoms with Crippen LogP contribution < -0.4 is 19.7 Å². The molecule has 1 saturated heterocycles. The molecule has 3 aromatic rings. The standard InChI is InChI=1S/C26H21N3O7/c1-13-9-16(15(3)28(13)20-6-4-5-18(14(20)2)25(32)33)10-19-23(30)27-26(34)29(24(19)31)17-7-8-21-22(11-17)36-12-35-21/h4-11H,12H2,1-3H3,(H,32,33)(H,27,30,34). The molecule has 36 heavy (non-hydrogen) atoms. The van der Waals surface area contributed by atoms with Gasteiger partial charge in [0, 0.05) is 23.1 Å². The third-order valence-electron chi connectivity index (χ3n) is 6.26. The second-order valence-corrected chi connectivity index (χ2v) is 8.41. The molecule has 1 fully saturated rings. The molecule has 5 rings (SSSR count). The summed E-state index contributed by atoms with van der Waals surface area (Å²) in [5.74, 6) is -1.74.